The van der Waals surface area contributed by atoms with E-state index in [-0.39, 0.29) is 23.5 Å². The molecule has 1 aliphatic rings. The Morgan fingerprint density at radius 1 is 0.737 bits per heavy atom. The summed E-state index contributed by atoms with van der Waals surface area (Å²) in [4.78, 5) is 35.0. The lowest BCUT2D eigenvalue weighted by atomic mass is 9.83. The van der Waals surface area contributed by atoms with E-state index in [4.69, 9.17) is 18.0 Å². The second-order valence-corrected chi connectivity index (χ2v) is 12.4. The molecule has 1 saturated carbocycles. The molecule has 0 atom stereocenters. The fraction of sp³-hybridized carbons (Fsp3) is 0.500. The standard InChI is InChI=1S/C30H42O7Si/c1-22(31)19-25(4)35-38(36-26(5)20-23(2)32,37-27(6)21-24(3)33)18-10-17-34-30-15-13-29(14-16-30)28-11-8-7-9-12-28/h7-9,11-12,19-21,29-30H,10,13-18H2,1-6H3/t29-,30-,38?. The van der Waals surface area contributed by atoms with Gasteiger partial charge in [-0.15, -0.1) is 0 Å². The van der Waals surface area contributed by atoms with Crippen LogP contribution >= 0.6 is 0 Å². The zero-order valence-electron chi connectivity index (χ0n) is 23.6. The highest BCUT2D eigenvalue weighted by atomic mass is 28.4. The highest BCUT2D eigenvalue weighted by Gasteiger charge is 2.49. The van der Waals surface area contributed by atoms with E-state index in [1.54, 1.807) is 20.8 Å². The Hall–Kier alpha value is -2.97. The van der Waals surface area contributed by atoms with E-state index >= 15 is 0 Å². The summed E-state index contributed by atoms with van der Waals surface area (Å²) in [6.45, 7) is 9.76. The largest absolute Gasteiger partial charge is 0.698 e. The third kappa shape index (κ3) is 11.6. The number of allylic oxidation sites excluding steroid dienone is 6. The van der Waals surface area contributed by atoms with Gasteiger partial charge in [-0.1, -0.05) is 30.3 Å². The zero-order chi connectivity index (χ0) is 28.1. The number of carbonyl (C=O) groups excluding carboxylic acids is 3. The first-order valence-corrected chi connectivity index (χ1v) is 15.2. The smallest absolute Gasteiger partial charge is 0.487 e. The third-order valence-electron chi connectivity index (χ3n) is 6.10. The van der Waals surface area contributed by atoms with Crippen LogP contribution in [0.3, 0.4) is 0 Å². The molecule has 0 amide bonds. The molecule has 1 aromatic carbocycles. The molecule has 1 aromatic rings. The van der Waals surface area contributed by atoms with Crippen molar-refractivity contribution in [1.29, 1.82) is 0 Å². The van der Waals surface area contributed by atoms with Crippen LogP contribution < -0.4 is 0 Å². The first-order chi connectivity index (χ1) is 18.0. The molecule has 1 fully saturated rings. The molecule has 2 rings (SSSR count). The first-order valence-electron chi connectivity index (χ1n) is 13.3. The van der Waals surface area contributed by atoms with E-state index in [2.05, 4.69) is 24.3 Å². The maximum absolute atomic E-state index is 11.7. The molecule has 8 heteroatoms. The summed E-state index contributed by atoms with van der Waals surface area (Å²) in [6, 6.07) is 11.0. The van der Waals surface area contributed by atoms with Crippen molar-refractivity contribution in [3.8, 4) is 0 Å². The minimum Gasteiger partial charge on any atom is -0.487 e. The predicted octanol–water partition coefficient (Wildman–Crippen LogP) is 6.59. The van der Waals surface area contributed by atoms with Crippen LogP contribution in [0.1, 0.15) is 85.1 Å². The Morgan fingerprint density at radius 2 is 1.18 bits per heavy atom. The van der Waals surface area contributed by atoms with Crippen LogP contribution in [0.15, 0.2) is 65.8 Å². The van der Waals surface area contributed by atoms with E-state index in [0.29, 0.717) is 42.3 Å². The summed E-state index contributed by atoms with van der Waals surface area (Å²) in [7, 11) is -3.57. The molecule has 0 heterocycles. The lowest BCUT2D eigenvalue weighted by Crippen LogP contribution is -2.45. The fourth-order valence-corrected chi connectivity index (χ4v) is 7.38. The third-order valence-corrected chi connectivity index (χ3v) is 8.96. The van der Waals surface area contributed by atoms with E-state index in [1.165, 1.54) is 44.6 Å². The minimum atomic E-state index is -3.57. The quantitative estimate of drug-likeness (QED) is 0.107. The van der Waals surface area contributed by atoms with E-state index < -0.39 is 8.80 Å². The monoisotopic (exact) mass is 542 g/mol. The Bertz CT molecular complexity index is 955. The topological polar surface area (TPSA) is 88.1 Å². The van der Waals surface area contributed by atoms with Gasteiger partial charge in [0.2, 0.25) is 0 Å². The van der Waals surface area contributed by atoms with Gasteiger partial charge in [-0.2, -0.15) is 0 Å². The molecular formula is C30H42O7Si. The van der Waals surface area contributed by atoms with Crippen molar-refractivity contribution in [3.05, 3.63) is 71.4 Å². The summed E-state index contributed by atoms with van der Waals surface area (Å²) < 4.78 is 24.8. The Morgan fingerprint density at radius 3 is 1.61 bits per heavy atom. The summed E-state index contributed by atoms with van der Waals surface area (Å²) in [5, 5.41) is 0. The van der Waals surface area contributed by atoms with Gasteiger partial charge < -0.3 is 18.0 Å². The molecule has 0 aromatic heterocycles. The van der Waals surface area contributed by atoms with Gasteiger partial charge in [-0.05, 0) is 85.1 Å². The number of rotatable bonds is 15. The fourth-order valence-electron chi connectivity index (χ4n) is 4.73. The van der Waals surface area contributed by atoms with Crippen LogP contribution in [0.4, 0.5) is 0 Å². The van der Waals surface area contributed by atoms with Crippen molar-refractivity contribution in [1.82, 2.24) is 0 Å². The molecule has 0 N–H and O–H groups in total. The van der Waals surface area contributed by atoms with Gasteiger partial charge >= 0.3 is 8.80 Å². The number of benzene rings is 1. The van der Waals surface area contributed by atoms with Gasteiger partial charge in [-0.25, -0.2) is 0 Å². The average molecular weight is 543 g/mol. The normalized spacial score (nSPS) is 20.3. The SMILES string of the molecule is CC(=O)C=C(C)O[Si](CCCO[C@H]1CC[C@H](c2ccccc2)CC1)(OC(C)=CC(C)=O)OC(C)=CC(C)=O. The number of hydrogen-bond acceptors (Lipinski definition) is 7. The molecule has 208 valence electrons. The average Bonchev–Trinajstić information content (AvgIpc) is 2.81. The molecule has 0 radical (unpaired) electrons. The molecule has 0 unspecified atom stereocenters. The lowest BCUT2D eigenvalue weighted by Gasteiger charge is -2.32. The van der Waals surface area contributed by atoms with Crippen molar-refractivity contribution in [2.45, 2.75) is 91.7 Å². The Balaban J connectivity index is 2.10. The molecule has 7 nitrogen and oxygen atoms in total. The van der Waals surface area contributed by atoms with Gasteiger partial charge in [0, 0.05) is 24.8 Å². The molecule has 0 aliphatic heterocycles. The van der Waals surface area contributed by atoms with Crippen LogP contribution in [0.2, 0.25) is 6.04 Å². The first kappa shape index (κ1) is 31.2. The molecule has 0 spiro atoms. The van der Waals surface area contributed by atoms with Crippen molar-refractivity contribution < 1.29 is 32.4 Å². The highest BCUT2D eigenvalue weighted by Crippen LogP contribution is 2.34. The predicted molar refractivity (Wildman–Crippen MR) is 149 cm³/mol. The van der Waals surface area contributed by atoms with Crippen LogP contribution in [-0.4, -0.2) is 38.9 Å². The van der Waals surface area contributed by atoms with Crippen molar-refractivity contribution in [2.24, 2.45) is 0 Å². The minimum absolute atomic E-state index is 0.174. The second-order valence-electron chi connectivity index (χ2n) is 9.94. The van der Waals surface area contributed by atoms with Gasteiger partial charge in [0.25, 0.3) is 0 Å². The maximum Gasteiger partial charge on any atom is 0.698 e. The lowest BCUT2D eigenvalue weighted by molar-refractivity contribution is -0.113. The van der Waals surface area contributed by atoms with Gasteiger partial charge in [0.05, 0.1) is 29.4 Å². The molecular weight excluding hydrogens is 500 g/mol. The van der Waals surface area contributed by atoms with E-state index in [1.807, 2.05) is 6.07 Å². The summed E-state index contributed by atoms with van der Waals surface area (Å²) in [6.07, 6.45) is 9.09. The van der Waals surface area contributed by atoms with Crippen molar-refractivity contribution in [3.63, 3.8) is 0 Å². The molecule has 0 saturated heterocycles. The Kier molecular flexibility index (Phi) is 12.7. The summed E-state index contributed by atoms with van der Waals surface area (Å²) in [5.74, 6) is 1.08. The number of ether oxygens (including phenoxy) is 1. The van der Waals surface area contributed by atoms with Gasteiger partial charge in [0.1, 0.15) is 0 Å². The van der Waals surface area contributed by atoms with Crippen LogP contribution in [0.25, 0.3) is 0 Å². The van der Waals surface area contributed by atoms with Crippen LogP contribution in [-0.2, 0) is 32.4 Å². The second kappa shape index (κ2) is 15.4. The van der Waals surface area contributed by atoms with Crippen molar-refractivity contribution in [2.75, 3.05) is 6.61 Å². The Labute approximate surface area is 228 Å². The van der Waals surface area contributed by atoms with Crippen molar-refractivity contribution >= 4 is 26.2 Å². The van der Waals surface area contributed by atoms with Crippen LogP contribution in [0.5, 0.6) is 0 Å². The maximum atomic E-state index is 11.7. The van der Waals surface area contributed by atoms with Gasteiger partial charge in [-0.3, -0.25) is 14.4 Å². The number of hydrogen-bond donors (Lipinski definition) is 0. The zero-order valence-corrected chi connectivity index (χ0v) is 24.6. The highest BCUT2D eigenvalue weighted by molar-refractivity contribution is 6.61. The molecule has 38 heavy (non-hydrogen) atoms. The van der Waals surface area contributed by atoms with E-state index in [0.717, 1.165) is 25.7 Å². The van der Waals surface area contributed by atoms with Crippen LogP contribution in [0, 0.1) is 0 Å². The van der Waals surface area contributed by atoms with E-state index in [9.17, 15) is 14.4 Å². The summed E-state index contributed by atoms with van der Waals surface area (Å²) in [5.41, 5.74) is 1.39. The molecule has 1 aliphatic carbocycles. The number of ketones is 3. The summed E-state index contributed by atoms with van der Waals surface area (Å²) >= 11 is 0. The number of carbonyl (C=O) groups is 3. The van der Waals surface area contributed by atoms with Gasteiger partial charge in [0.15, 0.2) is 17.3 Å². The molecule has 0 bridgehead atoms.